The summed E-state index contributed by atoms with van der Waals surface area (Å²) in [5.74, 6) is 8.63. The van der Waals surface area contributed by atoms with Crippen molar-refractivity contribution in [2.75, 3.05) is 27.4 Å². The molecule has 584 valence electrons. The van der Waals surface area contributed by atoms with Gasteiger partial charge in [-0.1, -0.05) is 90.0 Å². The van der Waals surface area contributed by atoms with Crippen molar-refractivity contribution in [3.05, 3.63) is 188 Å². The van der Waals surface area contributed by atoms with Crippen molar-refractivity contribution in [3.8, 4) is 11.5 Å². The summed E-state index contributed by atoms with van der Waals surface area (Å²) in [5.41, 5.74) is 10.7. The van der Waals surface area contributed by atoms with E-state index < -0.39 is 25.4 Å². The lowest BCUT2D eigenvalue weighted by Crippen LogP contribution is -3.00. The van der Waals surface area contributed by atoms with Crippen LogP contribution >= 0.6 is 23.2 Å². The Hall–Kier alpha value is -5.78. The highest BCUT2D eigenvalue weighted by Crippen LogP contribution is 2.60. The summed E-state index contributed by atoms with van der Waals surface area (Å²) in [5, 5.41) is 1.02. The van der Waals surface area contributed by atoms with Crippen molar-refractivity contribution in [3.63, 3.8) is 0 Å². The topological polar surface area (TPSA) is 151 Å². The number of rotatable bonds is 29. The van der Waals surface area contributed by atoms with Crippen LogP contribution in [-0.2, 0) is 73.5 Å². The molecule has 16 rings (SSSR count). The average molecular weight is 1750 g/mol. The summed E-state index contributed by atoms with van der Waals surface area (Å²) < 4.78 is 63.8. The van der Waals surface area contributed by atoms with Gasteiger partial charge >= 0.3 is 14.2 Å². The van der Waals surface area contributed by atoms with Gasteiger partial charge in [0, 0.05) is 53.8 Å². The molecule has 10 fully saturated rings. The molecule has 4 aromatic carbocycles. The first-order valence-corrected chi connectivity index (χ1v) is 39.8. The molecule has 0 N–H and O–H groups in total. The van der Waals surface area contributed by atoms with E-state index in [-0.39, 0.29) is 65.8 Å². The maximum atomic E-state index is 11.9. The molecule has 0 atom stereocenters. The predicted molar refractivity (Wildman–Crippen MR) is 422 cm³/mol. The third-order valence-electron chi connectivity index (χ3n) is 24.5. The Morgan fingerprint density at radius 2 is 0.817 bits per heavy atom. The quantitative estimate of drug-likeness (QED) is 0.0109. The van der Waals surface area contributed by atoms with Gasteiger partial charge in [-0.15, -0.1) is 0 Å². The lowest BCUT2D eigenvalue weighted by molar-refractivity contribution is -0.697. The van der Waals surface area contributed by atoms with E-state index in [2.05, 4.69) is 146 Å². The molecular formula is C88H110B2Cl2I2N2O13. The van der Waals surface area contributed by atoms with Crippen molar-refractivity contribution in [2.45, 2.75) is 214 Å². The molecule has 8 saturated carbocycles. The Balaban J connectivity index is 0.000000198. The molecule has 2 aromatic heterocycles. The molecule has 10 aliphatic rings. The fraction of sp³-hybridized carbons (Fsp3) is 0.511. The lowest BCUT2D eigenvalue weighted by atomic mass is 9.54. The number of nitrogens with zero attached hydrogens (tertiary/aromatic N) is 2. The zero-order chi connectivity index (χ0) is 75.6. The Kier molecular flexibility index (Phi) is 30.1. The number of halogens is 4. The van der Waals surface area contributed by atoms with Crippen molar-refractivity contribution in [1.29, 1.82) is 0 Å². The van der Waals surface area contributed by atoms with Crippen LogP contribution in [0.15, 0.2) is 133 Å². The summed E-state index contributed by atoms with van der Waals surface area (Å²) >= 11 is 14.4. The number of aldehydes is 1. The van der Waals surface area contributed by atoms with Crippen LogP contribution in [0.4, 0.5) is 0 Å². The van der Waals surface area contributed by atoms with Crippen molar-refractivity contribution in [2.24, 2.45) is 47.3 Å². The summed E-state index contributed by atoms with van der Waals surface area (Å²) in [6.07, 6.45) is 32.4. The molecule has 2 aliphatic heterocycles. The van der Waals surface area contributed by atoms with Gasteiger partial charge in [-0.2, -0.15) is 0 Å². The number of pyridine rings is 2. The Bertz CT molecular complexity index is 4060. The lowest BCUT2D eigenvalue weighted by Gasteiger charge is -2.51. The minimum absolute atomic E-state index is 0. The fourth-order valence-corrected chi connectivity index (χ4v) is 18.3. The van der Waals surface area contributed by atoms with Crippen LogP contribution < -0.4 is 77.5 Å². The van der Waals surface area contributed by atoms with E-state index in [1.807, 2.05) is 58.0 Å². The highest BCUT2D eigenvalue weighted by molar-refractivity contribution is 6.62. The molecule has 0 spiro atoms. The molecule has 8 aliphatic carbocycles. The first-order chi connectivity index (χ1) is 51.5. The van der Waals surface area contributed by atoms with Crippen LogP contribution in [0.25, 0.3) is 23.7 Å². The van der Waals surface area contributed by atoms with Gasteiger partial charge in [0.2, 0.25) is 0 Å². The molecule has 0 amide bonds. The third-order valence-corrected chi connectivity index (χ3v) is 25.3. The fourth-order valence-electron chi connectivity index (χ4n) is 17.7. The summed E-state index contributed by atoms with van der Waals surface area (Å²) in [6, 6.07) is 32.6. The van der Waals surface area contributed by atoms with Crippen molar-refractivity contribution < 1.29 is 119 Å². The number of benzene rings is 4. The minimum Gasteiger partial charge on any atom is -1.00 e. The van der Waals surface area contributed by atoms with Gasteiger partial charge in [0.1, 0.15) is 49.3 Å². The van der Waals surface area contributed by atoms with Crippen molar-refractivity contribution in [1.82, 2.24) is 0 Å². The van der Waals surface area contributed by atoms with Crippen molar-refractivity contribution >= 4 is 91.3 Å². The molecule has 15 nitrogen and oxygen atoms in total. The van der Waals surface area contributed by atoms with Gasteiger partial charge in [-0.3, -0.25) is 14.4 Å². The van der Waals surface area contributed by atoms with E-state index in [0.717, 1.165) is 137 Å². The molecule has 2 saturated heterocycles. The first-order valence-electron chi connectivity index (χ1n) is 39.0. The zero-order valence-electron chi connectivity index (χ0n) is 65.5. The summed E-state index contributed by atoms with van der Waals surface area (Å²) in [4.78, 5) is 32.1. The molecular weight excluding hydrogens is 1640 g/mol. The molecule has 0 unspecified atom stereocenters. The van der Waals surface area contributed by atoms with Gasteiger partial charge in [-0.05, 0) is 262 Å². The van der Waals surface area contributed by atoms with E-state index in [9.17, 15) is 14.4 Å². The zero-order valence-corrected chi connectivity index (χ0v) is 71.3. The molecule has 4 heterocycles. The summed E-state index contributed by atoms with van der Waals surface area (Å²) in [6.45, 7) is 23.2. The van der Waals surface area contributed by atoms with Gasteiger partial charge in [0.15, 0.2) is 31.1 Å². The van der Waals surface area contributed by atoms with E-state index in [1.165, 1.54) is 80.9 Å². The first kappa shape index (κ1) is 85.6. The molecule has 6 aromatic rings. The third kappa shape index (κ3) is 20.6. The molecule has 8 bridgehead atoms. The van der Waals surface area contributed by atoms with E-state index in [1.54, 1.807) is 20.3 Å². The number of ether oxygens (including phenoxy) is 6. The highest BCUT2D eigenvalue weighted by atomic mass is 127. The number of aromatic nitrogens is 2. The average Bonchev–Trinajstić information content (AvgIpc) is 1.67. The van der Waals surface area contributed by atoms with Crippen LogP contribution in [0.1, 0.15) is 207 Å². The van der Waals surface area contributed by atoms with Gasteiger partial charge in [0.25, 0.3) is 12.9 Å². The number of hydrogen-bond acceptors (Lipinski definition) is 13. The molecule has 0 radical (unpaired) electrons. The van der Waals surface area contributed by atoms with Gasteiger partial charge in [0.05, 0.1) is 65.4 Å². The minimum atomic E-state index is -0.413. The number of carbonyl (C=O) groups is 3. The Morgan fingerprint density at radius 3 is 1.17 bits per heavy atom. The number of aryl methyl sites for hydroxylation is 3. The largest absolute Gasteiger partial charge is 1.00 e. The Morgan fingerprint density at radius 1 is 0.459 bits per heavy atom. The van der Waals surface area contributed by atoms with Gasteiger partial charge in [-0.25, -0.2) is 9.13 Å². The van der Waals surface area contributed by atoms with Crippen LogP contribution in [-0.4, -0.2) is 83.3 Å². The summed E-state index contributed by atoms with van der Waals surface area (Å²) in [7, 11) is 2.71. The van der Waals surface area contributed by atoms with E-state index in [0.29, 0.717) is 83.5 Å². The smallest absolute Gasteiger partial charge is 0.494 e. The van der Waals surface area contributed by atoms with Crippen LogP contribution in [0.3, 0.4) is 0 Å². The van der Waals surface area contributed by atoms with Crippen LogP contribution in [0.2, 0.25) is 10.0 Å². The monoisotopic (exact) mass is 1750 g/mol. The number of methoxy groups -OCH3 is 2. The van der Waals surface area contributed by atoms with Crippen LogP contribution in [0, 0.1) is 54.3 Å². The van der Waals surface area contributed by atoms with E-state index >= 15 is 0 Å². The standard InChI is InChI=1S/C44H54BClNO6.C32H38BClO5.C12H18NO2.2HI/c1-43(2)44(3,4)53-45(52-43)37-14-10-31(11-15-37)28-51-41-34(12-9-30-17-20-47(21-18-30)19-7-6-8-22-50-29-48)13-16-38(40(41)46)42(49-5)39-35-24-32-23-33(26-35)27-36(39)25-32;1-31(2)32(3,4)39-33(38-31)25-9-6-19(7-10-25)18-37-29-22(17-35)8-11-26(28(29)34)30(36-5)27-23-13-20-12-21(15-23)16-24(27)14-20;1-12-5-8-13(9-6-12)7-3-2-4-10-15-11-14;;/h9-18,20-21,29,32-33,35-36H,6-8,19,22-28H2,1-5H3;6-11,17,20-21,23-24H,12-16,18H2,1-5H3;5-6,8-9,11H,2-4,7,10H2,1H3;2*1H/q+1;;+1;;/p-2/b12-9+,42-39?;;;;. The number of carbonyl (C=O) groups excluding carboxylic acids is 3. The molecule has 21 heteroatoms. The maximum Gasteiger partial charge on any atom is 0.494 e. The maximum absolute atomic E-state index is 11.9. The second-order valence-corrected chi connectivity index (χ2v) is 33.8. The number of hydrogen-bond donors (Lipinski definition) is 0. The second-order valence-electron chi connectivity index (χ2n) is 33.0. The number of unbranched alkanes of at least 4 members (excludes halogenated alkanes) is 4. The Labute approximate surface area is 691 Å². The van der Waals surface area contributed by atoms with Gasteiger partial charge < -0.3 is 95.0 Å². The molecule has 109 heavy (non-hydrogen) atoms. The second kappa shape index (κ2) is 38.4. The normalized spacial score (nSPS) is 23.0. The highest BCUT2D eigenvalue weighted by Gasteiger charge is 2.54. The van der Waals surface area contributed by atoms with E-state index in [4.69, 9.17) is 65.5 Å². The number of allylic oxidation sites excluding steroid dienone is 2. The van der Waals surface area contributed by atoms with Crippen LogP contribution in [0.5, 0.6) is 11.5 Å². The SMILES string of the molecule is COC(=C1C2CC3CC(C2)CC1C3)c1ccc(/C=C/c2cc[n+](CCCCCOC=O)cc2)c(OCc2ccc(B3OC(C)(C)C(C)(C)O3)cc2)c1Cl.COC(=C1C2CC3CC(C2)CC1C3)c1ccc(C=O)c(OCc2ccc(B3OC(C)(C)C(C)(C)O3)cc2)c1Cl.Cc1cc[n+](CCCCCOC=O)cc1.[I-].[I-]. The predicted octanol–water partition coefficient (Wildman–Crippen LogP) is 11.3.